The second kappa shape index (κ2) is 5.41. The molecule has 1 heterocycles. The van der Waals surface area contributed by atoms with E-state index in [9.17, 15) is 9.59 Å². The number of benzene rings is 1. The number of carbonyl (C=O) groups is 2. The lowest BCUT2D eigenvalue weighted by atomic mass is 10.1. The van der Waals surface area contributed by atoms with Crippen LogP contribution >= 0.6 is 27.3 Å². The minimum atomic E-state index is -1.14. The molecule has 5 nitrogen and oxygen atoms in total. The molecule has 1 aromatic heterocycles. The molecule has 2 rings (SSSR count). The highest BCUT2D eigenvalue weighted by atomic mass is 79.9. The van der Waals surface area contributed by atoms with Gasteiger partial charge in [-0.25, -0.2) is 4.79 Å². The van der Waals surface area contributed by atoms with Crippen LogP contribution in [0.15, 0.2) is 33.4 Å². The number of carboxylic acid groups (broad SMARTS) is 1. The number of hydrogen-bond donors (Lipinski definition) is 3. The zero-order valence-electron chi connectivity index (χ0n) is 9.51. The van der Waals surface area contributed by atoms with Crippen molar-refractivity contribution >= 4 is 50.5 Å². The molecular formula is C12H9BrN2O3S. The van der Waals surface area contributed by atoms with E-state index in [0.29, 0.717) is 11.3 Å². The number of anilines is 2. The van der Waals surface area contributed by atoms with Crippen LogP contribution in [-0.2, 0) is 0 Å². The van der Waals surface area contributed by atoms with E-state index in [4.69, 9.17) is 10.8 Å². The summed E-state index contributed by atoms with van der Waals surface area (Å²) < 4.78 is 0.827. The average molecular weight is 341 g/mol. The molecule has 0 spiro atoms. The number of nitrogens with two attached hydrogens (primary N) is 1. The second-order valence-corrected chi connectivity index (χ2v) is 5.99. The van der Waals surface area contributed by atoms with Crippen molar-refractivity contribution in [3.8, 4) is 0 Å². The van der Waals surface area contributed by atoms with Crippen molar-refractivity contribution in [1.29, 1.82) is 0 Å². The van der Waals surface area contributed by atoms with Gasteiger partial charge in [-0.3, -0.25) is 4.79 Å². The molecule has 2 aromatic rings. The Kier molecular flexibility index (Phi) is 3.87. The van der Waals surface area contributed by atoms with Gasteiger partial charge in [-0.1, -0.05) is 0 Å². The van der Waals surface area contributed by atoms with E-state index in [1.807, 2.05) is 0 Å². The molecule has 7 heteroatoms. The summed E-state index contributed by atoms with van der Waals surface area (Å²) >= 11 is 4.64. The van der Waals surface area contributed by atoms with Crippen LogP contribution in [0, 0.1) is 0 Å². The second-order valence-electron chi connectivity index (χ2n) is 3.70. The number of aromatic carboxylic acids is 1. The molecule has 1 amide bonds. The molecule has 0 unspecified atom stereocenters. The van der Waals surface area contributed by atoms with Gasteiger partial charge in [0.2, 0.25) is 0 Å². The van der Waals surface area contributed by atoms with Gasteiger partial charge in [-0.2, -0.15) is 0 Å². The normalized spacial score (nSPS) is 10.2. The van der Waals surface area contributed by atoms with Crippen LogP contribution in [-0.4, -0.2) is 17.0 Å². The Balaban J connectivity index is 2.28. The first kappa shape index (κ1) is 13.6. The summed E-state index contributed by atoms with van der Waals surface area (Å²) in [5, 5.41) is 13.3. The van der Waals surface area contributed by atoms with E-state index in [-0.39, 0.29) is 17.2 Å². The Morgan fingerprint density at radius 1 is 1.32 bits per heavy atom. The molecular weight excluding hydrogens is 332 g/mol. The van der Waals surface area contributed by atoms with Crippen LogP contribution in [0.3, 0.4) is 0 Å². The first-order chi connectivity index (χ1) is 8.97. The predicted molar refractivity (Wildman–Crippen MR) is 77.8 cm³/mol. The lowest BCUT2D eigenvalue weighted by Gasteiger charge is -2.08. The van der Waals surface area contributed by atoms with Gasteiger partial charge in [0.25, 0.3) is 5.91 Å². The highest BCUT2D eigenvalue weighted by molar-refractivity contribution is 9.11. The zero-order valence-corrected chi connectivity index (χ0v) is 11.9. The van der Waals surface area contributed by atoms with Gasteiger partial charge in [0.15, 0.2) is 0 Å². The fourth-order valence-corrected chi connectivity index (χ4v) is 2.61. The molecule has 19 heavy (non-hydrogen) atoms. The van der Waals surface area contributed by atoms with Gasteiger partial charge in [0, 0.05) is 11.1 Å². The van der Waals surface area contributed by atoms with Gasteiger partial charge in [0.05, 0.1) is 20.6 Å². The van der Waals surface area contributed by atoms with Crippen LogP contribution in [0.4, 0.5) is 11.4 Å². The predicted octanol–water partition coefficient (Wildman–Crippen LogP) is 3.04. The summed E-state index contributed by atoms with van der Waals surface area (Å²) in [6, 6.07) is 5.98. The largest absolute Gasteiger partial charge is 0.478 e. The Morgan fingerprint density at radius 2 is 2.05 bits per heavy atom. The van der Waals surface area contributed by atoms with Crippen LogP contribution in [0.2, 0.25) is 0 Å². The van der Waals surface area contributed by atoms with E-state index in [1.54, 1.807) is 11.4 Å². The van der Waals surface area contributed by atoms with E-state index in [2.05, 4.69) is 21.2 Å². The van der Waals surface area contributed by atoms with Gasteiger partial charge >= 0.3 is 5.97 Å². The molecule has 98 valence electrons. The summed E-state index contributed by atoms with van der Waals surface area (Å²) in [6.45, 7) is 0. The minimum Gasteiger partial charge on any atom is -0.478 e. The van der Waals surface area contributed by atoms with Crippen molar-refractivity contribution in [2.45, 2.75) is 0 Å². The first-order valence-corrected chi connectivity index (χ1v) is 6.83. The topological polar surface area (TPSA) is 92.4 Å². The SMILES string of the molecule is Nc1ccc(NC(=O)c2csc(Br)c2)c(C(=O)O)c1. The van der Waals surface area contributed by atoms with E-state index in [0.717, 1.165) is 3.79 Å². The highest BCUT2D eigenvalue weighted by Crippen LogP contribution is 2.23. The molecule has 0 aliphatic carbocycles. The highest BCUT2D eigenvalue weighted by Gasteiger charge is 2.14. The maximum Gasteiger partial charge on any atom is 0.337 e. The van der Waals surface area contributed by atoms with Crippen molar-refractivity contribution < 1.29 is 14.7 Å². The zero-order chi connectivity index (χ0) is 14.0. The van der Waals surface area contributed by atoms with Gasteiger partial charge in [-0.15, -0.1) is 11.3 Å². The Bertz CT molecular complexity index is 654. The number of nitrogen functional groups attached to an aromatic ring is 1. The van der Waals surface area contributed by atoms with Crippen LogP contribution in [0.25, 0.3) is 0 Å². The van der Waals surface area contributed by atoms with Crippen molar-refractivity contribution in [2.24, 2.45) is 0 Å². The standard InChI is InChI=1S/C12H9BrN2O3S/c13-10-3-6(5-19-10)11(16)15-9-2-1-7(14)4-8(9)12(17)18/h1-5H,14H2,(H,15,16)(H,17,18). The summed E-state index contributed by atoms with van der Waals surface area (Å²) in [4.78, 5) is 23.0. The van der Waals surface area contributed by atoms with Crippen LogP contribution < -0.4 is 11.1 Å². The third kappa shape index (κ3) is 3.12. The fourth-order valence-electron chi connectivity index (χ4n) is 1.47. The van der Waals surface area contributed by atoms with Crippen molar-refractivity contribution in [1.82, 2.24) is 0 Å². The Labute approximate surface area is 121 Å². The molecule has 0 bridgehead atoms. The van der Waals surface area contributed by atoms with Crippen molar-refractivity contribution in [3.05, 3.63) is 44.6 Å². The molecule has 0 atom stereocenters. The number of nitrogens with one attached hydrogen (secondary N) is 1. The number of amides is 1. The Hall–Kier alpha value is -1.86. The van der Waals surface area contributed by atoms with E-state index < -0.39 is 5.97 Å². The van der Waals surface area contributed by atoms with Crippen LogP contribution in [0.5, 0.6) is 0 Å². The molecule has 1 aromatic carbocycles. The molecule has 0 saturated heterocycles. The monoisotopic (exact) mass is 340 g/mol. The van der Waals surface area contributed by atoms with Crippen molar-refractivity contribution in [3.63, 3.8) is 0 Å². The van der Waals surface area contributed by atoms with Crippen LogP contribution in [0.1, 0.15) is 20.7 Å². The molecule has 0 aliphatic rings. The third-order valence-electron chi connectivity index (χ3n) is 2.35. The number of hydrogen-bond acceptors (Lipinski definition) is 4. The lowest BCUT2D eigenvalue weighted by Crippen LogP contribution is -2.14. The molecule has 0 aliphatic heterocycles. The molecule has 4 N–H and O–H groups in total. The number of halogens is 1. The number of carboxylic acids is 1. The Morgan fingerprint density at radius 3 is 2.63 bits per heavy atom. The summed E-state index contributed by atoms with van der Waals surface area (Å²) in [5.41, 5.74) is 6.50. The quantitative estimate of drug-likeness (QED) is 0.748. The average Bonchev–Trinajstić information content (AvgIpc) is 2.78. The summed E-state index contributed by atoms with van der Waals surface area (Å²) in [5.74, 6) is -1.51. The smallest absolute Gasteiger partial charge is 0.337 e. The number of rotatable bonds is 3. The summed E-state index contributed by atoms with van der Waals surface area (Å²) in [7, 11) is 0. The van der Waals surface area contributed by atoms with E-state index in [1.165, 1.54) is 29.5 Å². The number of carbonyl (C=O) groups excluding carboxylic acids is 1. The number of thiophene rings is 1. The maximum absolute atomic E-state index is 11.9. The fraction of sp³-hybridized carbons (Fsp3) is 0. The molecule has 0 saturated carbocycles. The lowest BCUT2D eigenvalue weighted by molar-refractivity contribution is 0.0698. The molecule has 0 fully saturated rings. The first-order valence-electron chi connectivity index (χ1n) is 5.15. The summed E-state index contributed by atoms with van der Waals surface area (Å²) in [6.07, 6.45) is 0. The van der Waals surface area contributed by atoms with E-state index >= 15 is 0 Å². The van der Waals surface area contributed by atoms with Crippen molar-refractivity contribution in [2.75, 3.05) is 11.1 Å². The minimum absolute atomic E-state index is 0.0392. The third-order valence-corrected chi connectivity index (χ3v) is 3.86. The maximum atomic E-state index is 11.9. The van der Waals surface area contributed by atoms with Gasteiger partial charge in [0.1, 0.15) is 0 Å². The van der Waals surface area contributed by atoms with Gasteiger partial charge < -0.3 is 16.2 Å². The molecule has 0 radical (unpaired) electrons. The van der Waals surface area contributed by atoms with Gasteiger partial charge in [-0.05, 0) is 40.2 Å².